The van der Waals surface area contributed by atoms with E-state index in [-0.39, 0.29) is 24.3 Å². The van der Waals surface area contributed by atoms with Crippen LogP contribution in [0.25, 0.3) is 0 Å². The first-order valence-electron chi connectivity index (χ1n) is 8.30. The lowest BCUT2D eigenvalue weighted by Crippen LogP contribution is -2.50. The Morgan fingerprint density at radius 3 is 2.35 bits per heavy atom. The molecule has 2 fully saturated rings. The number of hydrogen-bond acceptors (Lipinski definition) is 5. The number of nitrogens with zero attached hydrogens (tertiary/aromatic N) is 3. The summed E-state index contributed by atoms with van der Waals surface area (Å²) in [6.07, 6.45) is 3.57. The van der Waals surface area contributed by atoms with Crippen molar-refractivity contribution in [2.75, 3.05) is 0 Å². The molecule has 2 aliphatic rings. The molecular formula is C17H25N3O3. The maximum absolute atomic E-state index is 12.4. The van der Waals surface area contributed by atoms with E-state index in [9.17, 15) is 4.79 Å². The number of aromatic nitrogens is 2. The van der Waals surface area contributed by atoms with Gasteiger partial charge in [-0.1, -0.05) is 0 Å². The molecular weight excluding hydrogens is 294 g/mol. The molecule has 2 bridgehead atoms. The highest BCUT2D eigenvalue weighted by atomic mass is 16.6. The number of ether oxygens (including phenoxy) is 2. The molecule has 1 aromatic heterocycles. The average molecular weight is 319 g/mol. The van der Waals surface area contributed by atoms with E-state index in [4.69, 9.17) is 9.47 Å². The van der Waals surface area contributed by atoms with Crippen LogP contribution >= 0.6 is 0 Å². The molecule has 3 rings (SSSR count). The van der Waals surface area contributed by atoms with Crippen LogP contribution in [0.5, 0.6) is 5.88 Å². The summed E-state index contributed by atoms with van der Waals surface area (Å²) in [4.78, 5) is 14.3. The molecule has 0 saturated carbocycles. The number of fused-ring (bicyclic) bond motifs is 2. The second-order valence-electron chi connectivity index (χ2n) is 7.50. The Morgan fingerprint density at radius 1 is 1.17 bits per heavy atom. The number of rotatable bonds is 2. The summed E-state index contributed by atoms with van der Waals surface area (Å²) in [7, 11) is 0. The van der Waals surface area contributed by atoms with Gasteiger partial charge in [-0.05, 0) is 46.6 Å². The van der Waals surface area contributed by atoms with E-state index >= 15 is 0 Å². The minimum Gasteiger partial charge on any atom is -0.473 e. The lowest BCUT2D eigenvalue weighted by Gasteiger charge is -2.39. The third-order valence-electron chi connectivity index (χ3n) is 4.35. The third-order valence-corrected chi connectivity index (χ3v) is 4.35. The number of hydrogen-bond donors (Lipinski definition) is 0. The highest BCUT2D eigenvalue weighted by molar-refractivity contribution is 5.69. The molecule has 2 atom stereocenters. The summed E-state index contributed by atoms with van der Waals surface area (Å²) in [6.45, 7) is 7.60. The maximum atomic E-state index is 12.4. The zero-order chi connectivity index (χ0) is 16.6. The molecule has 0 radical (unpaired) electrons. The summed E-state index contributed by atoms with van der Waals surface area (Å²) >= 11 is 0. The van der Waals surface area contributed by atoms with E-state index in [2.05, 4.69) is 10.2 Å². The zero-order valence-corrected chi connectivity index (χ0v) is 14.3. The van der Waals surface area contributed by atoms with Crippen LogP contribution in [0.2, 0.25) is 0 Å². The molecule has 2 unspecified atom stereocenters. The molecule has 0 spiro atoms. The number of amides is 1. The van der Waals surface area contributed by atoms with Crippen molar-refractivity contribution >= 4 is 6.09 Å². The van der Waals surface area contributed by atoms with Crippen molar-refractivity contribution in [2.45, 2.75) is 77.2 Å². The monoisotopic (exact) mass is 319 g/mol. The first-order chi connectivity index (χ1) is 10.8. The second-order valence-corrected chi connectivity index (χ2v) is 7.50. The summed E-state index contributed by atoms with van der Waals surface area (Å²) < 4.78 is 11.5. The van der Waals surface area contributed by atoms with Crippen LogP contribution in [0.1, 0.15) is 52.1 Å². The van der Waals surface area contributed by atoms with Crippen LogP contribution in [0.3, 0.4) is 0 Å². The van der Waals surface area contributed by atoms with Crippen LogP contribution in [-0.2, 0) is 4.74 Å². The highest BCUT2D eigenvalue weighted by Crippen LogP contribution is 2.38. The predicted molar refractivity (Wildman–Crippen MR) is 85.3 cm³/mol. The Balaban J connectivity index is 1.62. The van der Waals surface area contributed by atoms with E-state index in [1.165, 1.54) is 0 Å². The molecule has 6 nitrogen and oxygen atoms in total. The minimum atomic E-state index is -0.457. The topological polar surface area (TPSA) is 64.5 Å². The van der Waals surface area contributed by atoms with Gasteiger partial charge in [0.1, 0.15) is 11.7 Å². The van der Waals surface area contributed by atoms with Crippen molar-refractivity contribution in [3.63, 3.8) is 0 Å². The SMILES string of the molecule is Cc1ccc(OC2CC3CCC(C2)N3C(=O)OC(C)(C)C)nn1. The molecule has 0 N–H and O–H groups in total. The fraction of sp³-hybridized carbons (Fsp3) is 0.706. The normalized spacial score (nSPS) is 27.0. The molecule has 126 valence electrons. The largest absolute Gasteiger partial charge is 0.473 e. The van der Waals surface area contributed by atoms with Crippen LogP contribution < -0.4 is 4.74 Å². The fourth-order valence-corrected chi connectivity index (χ4v) is 3.46. The van der Waals surface area contributed by atoms with Crippen LogP contribution in [-0.4, -0.2) is 45.0 Å². The van der Waals surface area contributed by atoms with Gasteiger partial charge in [0, 0.05) is 31.0 Å². The lowest BCUT2D eigenvalue weighted by molar-refractivity contribution is -0.00771. The Labute approximate surface area is 137 Å². The van der Waals surface area contributed by atoms with Gasteiger partial charge in [0.25, 0.3) is 0 Å². The molecule has 0 aliphatic carbocycles. The van der Waals surface area contributed by atoms with Gasteiger partial charge >= 0.3 is 6.09 Å². The van der Waals surface area contributed by atoms with Gasteiger partial charge in [-0.15, -0.1) is 5.10 Å². The van der Waals surface area contributed by atoms with Crippen molar-refractivity contribution in [1.82, 2.24) is 15.1 Å². The average Bonchev–Trinajstić information content (AvgIpc) is 2.72. The summed E-state index contributed by atoms with van der Waals surface area (Å²) in [5, 5.41) is 8.09. The molecule has 1 aromatic rings. The quantitative estimate of drug-likeness (QED) is 0.838. The molecule has 2 saturated heterocycles. The van der Waals surface area contributed by atoms with Gasteiger partial charge in [-0.3, -0.25) is 0 Å². The third kappa shape index (κ3) is 3.74. The molecule has 1 amide bonds. The molecule has 6 heteroatoms. The zero-order valence-electron chi connectivity index (χ0n) is 14.3. The molecule has 0 aromatic carbocycles. The molecule has 23 heavy (non-hydrogen) atoms. The van der Waals surface area contributed by atoms with Crippen molar-refractivity contribution in [3.8, 4) is 5.88 Å². The Bertz CT molecular complexity index is 553. The predicted octanol–water partition coefficient (Wildman–Crippen LogP) is 3.09. The van der Waals surface area contributed by atoms with Crippen molar-refractivity contribution in [1.29, 1.82) is 0 Å². The van der Waals surface area contributed by atoms with E-state index in [1.807, 2.05) is 44.7 Å². The first kappa shape index (κ1) is 16.0. The standard InChI is InChI=1S/C17H25N3O3/c1-11-5-8-15(19-18-11)22-14-9-12-6-7-13(10-14)20(12)16(21)23-17(2,3)4/h5,8,12-14H,6-7,9-10H2,1-4H3. The summed E-state index contributed by atoms with van der Waals surface area (Å²) in [6, 6.07) is 4.15. The molecule has 3 heterocycles. The summed E-state index contributed by atoms with van der Waals surface area (Å²) in [5.41, 5.74) is 0.415. The number of piperidine rings is 1. The number of aryl methyl sites for hydroxylation is 1. The number of carbonyl (C=O) groups excluding carboxylic acids is 1. The minimum absolute atomic E-state index is 0.0863. The first-order valence-corrected chi connectivity index (χ1v) is 8.30. The van der Waals surface area contributed by atoms with E-state index < -0.39 is 5.60 Å². The van der Waals surface area contributed by atoms with Gasteiger partial charge in [-0.2, -0.15) is 5.10 Å². The Kier molecular flexibility index (Phi) is 4.17. The van der Waals surface area contributed by atoms with Crippen LogP contribution in [0.4, 0.5) is 4.79 Å². The fourth-order valence-electron chi connectivity index (χ4n) is 3.46. The number of carbonyl (C=O) groups is 1. The van der Waals surface area contributed by atoms with Crippen LogP contribution in [0.15, 0.2) is 12.1 Å². The van der Waals surface area contributed by atoms with E-state index in [1.54, 1.807) is 0 Å². The summed E-state index contributed by atoms with van der Waals surface area (Å²) in [5.74, 6) is 0.561. The highest BCUT2D eigenvalue weighted by Gasteiger charge is 2.45. The van der Waals surface area contributed by atoms with E-state index in [0.717, 1.165) is 31.4 Å². The lowest BCUT2D eigenvalue weighted by atomic mass is 10.0. The Hall–Kier alpha value is -1.85. The smallest absolute Gasteiger partial charge is 0.410 e. The Morgan fingerprint density at radius 2 is 1.83 bits per heavy atom. The molecule has 2 aliphatic heterocycles. The van der Waals surface area contributed by atoms with Crippen molar-refractivity contribution < 1.29 is 14.3 Å². The van der Waals surface area contributed by atoms with Gasteiger partial charge in [0.2, 0.25) is 5.88 Å². The maximum Gasteiger partial charge on any atom is 0.410 e. The van der Waals surface area contributed by atoms with Crippen molar-refractivity contribution in [2.24, 2.45) is 0 Å². The van der Waals surface area contributed by atoms with E-state index in [0.29, 0.717) is 5.88 Å². The van der Waals surface area contributed by atoms with Gasteiger partial charge in [0.05, 0.1) is 5.69 Å². The van der Waals surface area contributed by atoms with Gasteiger partial charge in [0.15, 0.2) is 0 Å². The van der Waals surface area contributed by atoms with Crippen molar-refractivity contribution in [3.05, 3.63) is 17.8 Å². The second kappa shape index (κ2) is 5.98. The van der Waals surface area contributed by atoms with Gasteiger partial charge in [-0.25, -0.2) is 4.79 Å². The van der Waals surface area contributed by atoms with Gasteiger partial charge < -0.3 is 14.4 Å². The van der Waals surface area contributed by atoms with Crippen LogP contribution in [0, 0.1) is 6.92 Å².